The zero-order valence-corrected chi connectivity index (χ0v) is 24.2. The van der Waals surface area contributed by atoms with Gasteiger partial charge in [0, 0.05) is 18.4 Å². The minimum absolute atomic E-state index is 0.0977. The molecular formula is C32H55NO2. The Balaban J connectivity index is 1.52. The Morgan fingerprint density at radius 1 is 0.857 bits per heavy atom. The highest BCUT2D eigenvalue weighted by Crippen LogP contribution is 2.77. The number of hydrogen-bond donors (Lipinski definition) is 1. The molecule has 0 heterocycles. The van der Waals surface area contributed by atoms with Crippen LogP contribution in [0, 0.1) is 62.6 Å². The number of rotatable bonds is 3. The van der Waals surface area contributed by atoms with Crippen molar-refractivity contribution in [2.24, 2.45) is 68.3 Å². The third-order valence-electron chi connectivity index (χ3n) is 14.2. The van der Waals surface area contributed by atoms with Gasteiger partial charge in [-0.05, 0) is 121 Å². The van der Waals surface area contributed by atoms with Crippen molar-refractivity contribution in [1.29, 1.82) is 0 Å². The first-order valence-electron chi connectivity index (χ1n) is 15.1. The number of hydrogen-bond acceptors (Lipinski definition) is 3. The molecule has 3 nitrogen and oxygen atoms in total. The van der Waals surface area contributed by atoms with Gasteiger partial charge in [-0.15, -0.1) is 0 Å². The number of nitrogens with two attached hydrogens (primary N) is 1. The summed E-state index contributed by atoms with van der Waals surface area (Å²) in [7, 11) is 0. The van der Waals surface area contributed by atoms with Crippen LogP contribution in [-0.2, 0) is 9.53 Å². The fourth-order valence-electron chi connectivity index (χ4n) is 12.1. The predicted molar refractivity (Wildman–Crippen MR) is 144 cm³/mol. The van der Waals surface area contributed by atoms with E-state index in [1.54, 1.807) is 6.92 Å². The van der Waals surface area contributed by atoms with Crippen LogP contribution in [0.5, 0.6) is 0 Å². The number of fused-ring (bicyclic) bond motifs is 7. The van der Waals surface area contributed by atoms with Crippen LogP contribution in [0.2, 0.25) is 0 Å². The summed E-state index contributed by atoms with van der Waals surface area (Å²) in [5, 5.41) is 0. The molecule has 0 spiro atoms. The number of esters is 1. The first-order chi connectivity index (χ1) is 16.2. The van der Waals surface area contributed by atoms with Crippen molar-refractivity contribution in [3.8, 4) is 0 Å². The van der Waals surface area contributed by atoms with Crippen LogP contribution >= 0.6 is 0 Å². The fraction of sp³-hybridized carbons (Fsp3) is 0.969. The standard InChI is InChI=1S/C32H55NO2/c1-20(2)22-11-16-32(19-35-21(3)34)18-17-30(7)23(27(22)32)9-10-25-29(6)14-13-26(33)28(4,5)24(29)12-15-31(25,30)8/h20,22-27H,9-19,33H2,1-8H3/t22?,23?,24-,25?,26?,27+,29-,30+,31+,32+/m0/s1. The molecule has 5 aliphatic rings. The fourth-order valence-corrected chi connectivity index (χ4v) is 12.1. The molecule has 5 saturated carbocycles. The first kappa shape index (κ1) is 26.1. The Hall–Kier alpha value is -0.570. The molecule has 3 heteroatoms. The van der Waals surface area contributed by atoms with Gasteiger partial charge in [-0.3, -0.25) is 4.79 Å². The summed E-state index contributed by atoms with van der Waals surface area (Å²) in [6, 6.07) is 0.346. The molecule has 0 aliphatic heterocycles. The molecule has 10 atom stereocenters. The smallest absolute Gasteiger partial charge is 0.302 e. The summed E-state index contributed by atoms with van der Waals surface area (Å²) in [6.45, 7) is 20.2. The van der Waals surface area contributed by atoms with Crippen LogP contribution in [-0.4, -0.2) is 18.6 Å². The molecule has 4 unspecified atom stereocenters. The predicted octanol–water partition coefficient (Wildman–Crippen LogP) is 7.61. The molecule has 5 rings (SSSR count). The molecule has 0 bridgehead atoms. The normalized spacial score (nSPS) is 52.7. The second-order valence-electron chi connectivity index (χ2n) is 15.7. The van der Waals surface area contributed by atoms with Gasteiger partial charge in [-0.2, -0.15) is 0 Å². The Morgan fingerprint density at radius 3 is 2.23 bits per heavy atom. The maximum absolute atomic E-state index is 11.9. The summed E-state index contributed by atoms with van der Waals surface area (Å²) in [6.07, 6.45) is 13.1. The molecule has 200 valence electrons. The van der Waals surface area contributed by atoms with E-state index in [-0.39, 0.29) is 16.8 Å². The first-order valence-corrected chi connectivity index (χ1v) is 15.1. The van der Waals surface area contributed by atoms with E-state index < -0.39 is 0 Å². The highest BCUT2D eigenvalue weighted by molar-refractivity contribution is 5.65. The second kappa shape index (κ2) is 8.21. The molecule has 2 N–H and O–H groups in total. The highest BCUT2D eigenvalue weighted by Gasteiger charge is 2.70. The Labute approximate surface area is 216 Å². The molecule has 0 aromatic carbocycles. The highest BCUT2D eigenvalue weighted by atomic mass is 16.5. The second-order valence-corrected chi connectivity index (χ2v) is 15.7. The van der Waals surface area contributed by atoms with Crippen molar-refractivity contribution in [1.82, 2.24) is 0 Å². The maximum Gasteiger partial charge on any atom is 0.302 e. The van der Waals surface area contributed by atoms with Crippen LogP contribution in [0.1, 0.15) is 120 Å². The topological polar surface area (TPSA) is 52.3 Å². The lowest BCUT2D eigenvalue weighted by Gasteiger charge is -2.73. The summed E-state index contributed by atoms with van der Waals surface area (Å²) >= 11 is 0. The molecule has 5 fully saturated rings. The van der Waals surface area contributed by atoms with Gasteiger partial charge >= 0.3 is 5.97 Å². The zero-order chi connectivity index (χ0) is 25.6. The van der Waals surface area contributed by atoms with Gasteiger partial charge in [-0.1, -0.05) is 48.5 Å². The van der Waals surface area contributed by atoms with Crippen molar-refractivity contribution in [3.05, 3.63) is 0 Å². The number of carbonyl (C=O) groups excluding carboxylic acids is 1. The van der Waals surface area contributed by atoms with Gasteiger partial charge in [0.15, 0.2) is 0 Å². The van der Waals surface area contributed by atoms with Crippen LogP contribution < -0.4 is 5.73 Å². The Kier molecular flexibility index (Phi) is 6.11. The lowest BCUT2D eigenvalue weighted by molar-refractivity contribution is -0.243. The Bertz CT molecular complexity index is 851. The molecule has 0 saturated heterocycles. The Morgan fingerprint density at radius 2 is 1.57 bits per heavy atom. The van der Waals surface area contributed by atoms with E-state index in [1.165, 1.54) is 64.2 Å². The van der Waals surface area contributed by atoms with Crippen molar-refractivity contribution >= 4 is 5.97 Å². The molecule has 0 amide bonds. The average molecular weight is 486 g/mol. The lowest BCUT2D eigenvalue weighted by atomic mass is 9.32. The number of ether oxygens (including phenoxy) is 1. The van der Waals surface area contributed by atoms with Crippen molar-refractivity contribution in [2.45, 2.75) is 126 Å². The van der Waals surface area contributed by atoms with Crippen molar-refractivity contribution in [2.75, 3.05) is 6.61 Å². The maximum atomic E-state index is 11.9. The molecule has 35 heavy (non-hydrogen) atoms. The van der Waals surface area contributed by atoms with Gasteiger partial charge < -0.3 is 10.5 Å². The quantitative estimate of drug-likeness (QED) is 0.418. The zero-order valence-electron chi connectivity index (χ0n) is 24.2. The lowest BCUT2D eigenvalue weighted by Crippen LogP contribution is -2.67. The van der Waals surface area contributed by atoms with Crippen LogP contribution in [0.3, 0.4) is 0 Å². The third kappa shape index (κ3) is 3.41. The van der Waals surface area contributed by atoms with Gasteiger partial charge in [0.25, 0.3) is 0 Å². The van der Waals surface area contributed by atoms with E-state index >= 15 is 0 Å². The summed E-state index contributed by atoms with van der Waals surface area (Å²) in [4.78, 5) is 11.9. The number of carbonyl (C=O) groups is 1. The van der Waals surface area contributed by atoms with E-state index in [1.807, 2.05) is 0 Å². The van der Waals surface area contributed by atoms with Gasteiger partial charge in [0.05, 0.1) is 6.61 Å². The largest absolute Gasteiger partial charge is 0.465 e. The van der Waals surface area contributed by atoms with Gasteiger partial charge in [0.2, 0.25) is 0 Å². The van der Waals surface area contributed by atoms with E-state index in [2.05, 4.69) is 48.5 Å². The molecule has 0 aromatic heterocycles. The molecule has 0 aromatic rings. The minimum Gasteiger partial charge on any atom is -0.465 e. The van der Waals surface area contributed by atoms with Gasteiger partial charge in [-0.25, -0.2) is 0 Å². The van der Waals surface area contributed by atoms with E-state index in [0.29, 0.717) is 40.7 Å². The third-order valence-corrected chi connectivity index (χ3v) is 14.2. The van der Waals surface area contributed by atoms with Crippen LogP contribution in [0.15, 0.2) is 0 Å². The average Bonchev–Trinajstić information content (AvgIpc) is 3.16. The van der Waals surface area contributed by atoms with Crippen LogP contribution in [0.25, 0.3) is 0 Å². The molecule has 5 aliphatic carbocycles. The molecule has 0 radical (unpaired) electrons. The SMILES string of the molecule is CC(=O)OC[C@]12CCC(C(C)C)[C@@H]1C1CCC3[C@@]4(C)CCC(N)C(C)(C)[C@@H]4CC[C@@]3(C)[C@]1(C)CC2. The summed E-state index contributed by atoms with van der Waals surface area (Å²) < 4.78 is 5.83. The van der Waals surface area contributed by atoms with Crippen molar-refractivity contribution < 1.29 is 9.53 Å². The van der Waals surface area contributed by atoms with E-state index in [4.69, 9.17) is 10.5 Å². The van der Waals surface area contributed by atoms with E-state index in [0.717, 1.165) is 23.7 Å². The molecular weight excluding hydrogens is 430 g/mol. The monoisotopic (exact) mass is 485 g/mol. The van der Waals surface area contributed by atoms with Crippen LogP contribution in [0.4, 0.5) is 0 Å². The minimum atomic E-state index is -0.0977. The summed E-state index contributed by atoms with van der Waals surface area (Å²) in [5.74, 6) is 4.41. The van der Waals surface area contributed by atoms with Gasteiger partial charge in [0.1, 0.15) is 0 Å². The van der Waals surface area contributed by atoms with Crippen molar-refractivity contribution in [3.63, 3.8) is 0 Å². The summed E-state index contributed by atoms with van der Waals surface area (Å²) in [5.41, 5.74) is 8.40. The van der Waals surface area contributed by atoms with E-state index in [9.17, 15) is 4.79 Å².